The van der Waals surface area contributed by atoms with Crippen molar-refractivity contribution < 1.29 is 4.79 Å². The summed E-state index contributed by atoms with van der Waals surface area (Å²) in [6.45, 7) is 2.66. The largest absolute Gasteiger partial charge is 0.384 e. The summed E-state index contributed by atoms with van der Waals surface area (Å²) in [6, 6.07) is 13.9. The number of carbonyl (C=O) groups is 1. The van der Waals surface area contributed by atoms with E-state index in [1.54, 1.807) is 0 Å². The van der Waals surface area contributed by atoms with Gasteiger partial charge in [0.05, 0.1) is 5.92 Å². The maximum absolute atomic E-state index is 12.4. The average molecular weight is 331 g/mol. The van der Waals surface area contributed by atoms with Crippen LogP contribution < -0.4 is 10.6 Å². The van der Waals surface area contributed by atoms with Gasteiger partial charge in [-0.3, -0.25) is 4.79 Å². The van der Waals surface area contributed by atoms with Crippen molar-refractivity contribution in [1.29, 1.82) is 0 Å². The molecule has 0 saturated heterocycles. The van der Waals surface area contributed by atoms with Crippen molar-refractivity contribution in [3.05, 3.63) is 58.1 Å². The second kappa shape index (κ2) is 5.29. The molecule has 2 N–H and O–H groups in total. The third-order valence-corrected chi connectivity index (χ3v) is 3.92. The van der Waals surface area contributed by atoms with E-state index in [0.29, 0.717) is 6.54 Å². The Bertz CT molecular complexity index is 649. The van der Waals surface area contributed by atoms with Crippen LogP contribution in [0, 0.1) is 6.92 Å². The molecule has 2 aromatic rings. The molecule has 1 heterocycles. The average Bonchev–Trinajstić information content (AvgIpc) is 2.81. The third kappa shape index (κ3) is 2.56. The van der Waals surface area contributed by atoms with E-state index in [-0.39, 0.29) is 11.8 Å². The molecular formula is C16H15BrN2O. The number of nitrogens with one attached hydrogen (secondary N) is 2. The second-order valence-corrected chi connectivity index (χ2v) is 5.94. The molecule has 0 radical (unpaired) electrons. The standard InChI is InChI=1S/C16H15BrN2O/c1-10-6-11(17)8-12(7-10)19-16(20)14-9-18-15-5-3-2-4-13(14)15/h2-8,14,18H,9H2,1H3,(H,19,20). The Morgan fingerprint density at radius 2 is 2.10 bits per heavy atom. The molecule has 1 aliphatic heterocycles. The minimum Gasteiger partial charge on any atom is -0.384 e. The van der Waals surface area contributed by atoms with Crippen LogP contribution in [0.15, 0.2) is 46.9 Å². The molecule has 1 aliphatic rings. The summed E-state index contributed by atoms with van der Waals surface area (Å²) >= 11 is 3.45. The first-order chi connectivity index (χ1) is 9.63. The Hall–Kier alpha value is -1.81. The Morgan fingerprint density at radius 3 is 2.90 bits per heavy atom. The smallest absolute Gasteiger partial charge is 0.233 e. The number of halogens is 1. The minimum absolute atomic E-state index is 0.0277. The van der Waals surface area contributed by atoms with Crippen molar-refractivity contribution in [2.24, 2.45) is 0 Å². The number of benzene rings is 2. The molecular weight excluding hydrogens is 316 g/mol. The Labute approximate surface area is 126 Å². The number of fused-ring (bicyclic) bond motifs is 1. The fraction of sp³-hybridized carbons (Fsp3) is 0.188. The van der Waals surface area contributed by atoms with Gasteiger partial charge in [-0.2, -0.15) is 0 Å². The molecule has 0 aliphatic carbocycles. The van der Waals surface area contributed by atoms with Crippen LogP contribution in [0.5, 0.6) is 0 Å². The molecule has 0 bridgehead atoms. The molecule has 1 unspecified atom stereocenters. The van der Waals surface area contributed by atoms with Crippen molar-refractivity contribution in [3.63, 3.8) is 0 Å². The van der Waals surface area contributed by atoms with Crippen molar-refractivity contribution in [1.82, 2.24) is 0 Å². The summed E-state index contributed by atoms with van der Waals surface area (Å²) in [5.41, 5.74) is 4.06. The molecule has 3 nitrogen and oxygen atoms in total. The summed E-state index contributed by atoms with van der Waals surface area (Å²) in [5.74, 6) is -0.106. The Kier molecular flexibility index (Phi) is 3.49. The molecule has 102 valence electrons. The van der Waals surface area contributed by atoms with Gasteiger partial charge in [0.25, 0.3) is 0 Å². The number of hydrogen-bond donors (Lipinski definition) is 2. The van der Waals surface area contributed by atoms with Crippen LogP contribution in [0.2, 0.25) is 0 Å². The molecule has 1 amide bonds. The molecule has 4 heteroatoms. The topological polar surface area (TPSA) is 41.1 Å². The van der Waals surface area contributed by atoms with Crippen LogP contribution in [0.4, 0.5) is 11.4 Å². The van der Waals surface area contributed by atoms with Gasteiger partial charge in [0.2, 0.25) is 5.91 Å². The number of hydrogen-bond acceptors (Lipinski definition) is 2. The van der Waals surface area contributed by atoms with Crippen LogP contribution in [-0.4, -0.2) is 12.5 Å². The predicted octanol–water partition coefficient (Wildman–Crippen LogP) is 3.91. The van der Waals surface area contributed by atoms with Gasteiger partial charge in [0.15, 0.2) is 0 Å². The molecule has 1 atom stereocenters. The van der Waals surface area contributed by atoms with Crippen LogP contribution in [0.25, 0.3) is 0 Å². The molecule has 0 aromatic heterocycles. The van der Waals surface area contributed by atoms with Crippen LogP contribution >= 0.6 is 15.9 Å². The van der Waals surface area contributed by atoms with E-state index in [9.17, 15) is 4.79 Å². The van der Waals surface area contributed by atoms with E-state index in [0.717, 1.165) is 27.0 Å². The van der Waals surface area contributed by atoms with Gasteiger partial charge < -0.3 is 10.6 Å². The van der Waals surface area contributed by atoms with Gasteiger partial charge in [-0.25, -0.2) is 0 Å². The van der Waals surface area contributed by atoms with Crippen LogP contribution in [0.1, 0.15) is 17.0 Å². The van der Waals surface area contributed by atoms with Crippen molar-refractivity contribution in [3.8, 4) is 0 Å². The Morgan fingerprint density at radius 1 is 1.30 bits per heavy atom. The van der Waals surface area contributed by atoms with Crippen LogP contribution in [-0.2, 0) is 4.79 Å². The van der Waals surface area contributed by atoms with Crippen molar-refractivity contribution >= 4 is 33.2 Å². The number of anilines is 2. The lowest BCUT2D eigenvalue weighted by molar-refractivity contribution is -0.117. The summed E-state index contributed by atoms with van der Waals surface area (Å²) < 4.78 is 0.970. The highest BCUT2D eigenvalue weighted by atomic mass is 79.9. The van der Waals surface area contributed by atoms with E-state index < -0.39 is 0 Å². The van der Waals surface area contributed by atoms with Crippen LogP contribution in [0.3, 0.4) is 0 Å². The second-order valence-electron chi connectivity index (χ2n) is 5.03. The zero-order chi connectivity index (χ0) is 14.1. The fourth-order valence-electron chi connectivity index (χ4n) is 2.56. The molecule has 20 heavy (non-hydrogen) atoms. The number of amides is 1. The zero-order valence-corrected chi connectivity index (χ0v) is 12.7. The highest BCUT2D eigenvalue weighted by Crippen LogP contribution is 2.32. The summed E-state index contributed by atoms with van der Waals surface area (Å²) in [4.78, 5) is 12.4. The summed E-state index contributed by atoms with van der Waals surface area (Å²) in [5, 5.41) is 6.27. The number of para-hydroxylation sites is 1. The summed E-state index contributed by atoms with van der Waals surface area (Å²) in [6.07, 6.45) is 0. The van der Waals surface area contributed by atoms with Gasteiger partial charge in [0.1, 0.15) is 0 Å². The maximum atomic E-state index is 12.4. The molecule has 0 spiro atoms. The van der Waals surface area contributed by atoms with E-state index >= 15 is 0 Å². The number of carbonyl (C=O) groups excluding carboxylic acids is 1. The minimum atomic E-state index is -0.134. The lowest BCUT2D eigenvalue weighted by Gasteiger charge is -2.12. The maximum Gasteiger partial charge on any atom is 0.233 e. The van der Waals surface area contributed by atoms with E-state index in [1.165, 1.54) is 0 Å². The van der Waals surface area contributed by atoms with Gasteiger partial charge in [-0.15, -0.1) is 0 Å². The van der Waals surface area contributed by atoms with E-state index in [1.807, 2.05) is 49.4 Å². The predicted molar refractivity (Wildman–Crippen MR) is 85.2 cm³/mol. The molecule has 0 fully saturated rings. The highest BCUT2D eigenvalue weighted by molar-refractivity contribution is 9.10. The van der Waals surface area contributed by atoms with Crippen molar-refractivity contribution in [2.45, 2.75) is 12.8 Å². The number of rotatable bonds is 2. The molecule has 0 saturated carbocycles. The highest BCUT2D eigenvalue weighted by Gasteiger charge is 2.28. The van der Waals surface area contributed by atoms with E-state index in [2.05, 4.69) is 26.6 Å². The Balaban J connectivity index is 1.81. The van der Waals surface area contributed by atoms with Gasteiger partial charge >= 0.3 is 0 Å². The quantitative estimate of drug-likeness (QED) is 0.876. The monoisotopic (exact) mass is 330 g/mol. The first-order valence-corrected chi connectivity index (χ1v) is 7.33. The zero-order valence-electron chi connectivity index (χ0n) is 11.1. The first-order valence-electron chi connectivity index (χ1n) is 6.54. The van der Waals surface area contributed by atoms with E-state index in [4.69, 9.17) is 0 Å². The SMILES string of the molecule is Cc1cc(Br)cc(NC(=O)C2CNc3ccccc32)c1. The number of aryl methyl sites for hydroxylation is 1. The first kappa shape index (κ1) is 13.2. The van der Waals surface area contributed by atoms with Gasteiger partial charge in [-0.05, 0) is 42.3 Å². The lowest BCUT2D eigenvalue weighted by atomic mass is 10.0. The summed E-state index contributed by atoms with van der Waals surface area (Å²) in [7, 11) is 0. The van der Waals surface area contributed by atoms with Crippen molar-refractivity contribution in [2.75, 3.05) is 17.2 Å². The third-order valence-electron chi connectivity index (χ3n) is 3.46. The normalized spacial score (nSPS) is 16.4. The molecule has 3 rings (SSSR count). The van der Waals surface area contributed by atoms with Gasteiger partial charge in [-0.1, -0.05) is 34.1 Å². The fourth-order valence-corrected chi connectivity index (χ4v) is 3.16. The lowest BCUT2D eigenvalue weighted by Crippen LogP contribution is -2.22. The molecule has 2 aromatic carbocycles. The van der Waals surface area contributed by atoms with Gasteiger partial charge in [0, 0.05) is 22.4 Å².